The number of hydrazine groups is 1. The van der Waals surface area contributed by atoms with Crippen molar-refractivity contribution in [3.8, 4) is 0 Å². The van der Waals surface area contributed by atoms with Gasteiger partial charge in [0.25, 0.3) is 0 Å². The Bertz CT molecular complexity index is 1160. The molecule has 3 aliphatic rings. The van der Waals surface area contributed by atoms with E-state index in [0.29, 0.717) is 19.6 Å². The van der Waals surface area contributed by atoms with E-state index >= 15 is 0 Å². The van der Waals surface area contributed by atoms with E-state index in [4.69, 9.17) is 0 Å². The minimum atomic E-state index is -3.80. The predicted octanol–water partition coefficient (Wildman–Crippen LogP) is 3.96. The molecule has 3 rings (SSSR count). The first kappa shape index (κ1) is 41.5. The second-order valence-corrected chi connectivity index (χ2v) is 17.3. The molecule has 0 radical (unpaired) electrons. The van der Waals surface area contributed by atoms with Crippen LogP contribution < -0.4 is 10.7 Å². The fraction of sp³-hybridized carbons (Fsp3) is 0.914. The van der Waals surface area contributed by atoms with Crippen LogP contribution in [0.2, 0.25) is 0 Å². The Labute approximate surface area is 293 Å². The SMILES string of the molecule is CCCN(CCC)C(=O)C1CC(C(=O)NC(CC2CC(F)CC(F)C2)C(O)CN(CC)NC(=O)C2CCCCC2)CC(S(=O)(=O)N(C)C)C1. The van der Waals surface area contributed by atoms with E-state index in [1.165, 1.54) is 14.1 Å². The summed E-state index contributed by atoms with van der Waals surface area (Å²) < 4.78 is 56.8. The lowest BCUT2D eigenvalue weighted by Gasteiger charge is -2.38. The smallest absolute Gasteiger partial charge is 0.237 e. The number of aliphatic hydroxyl groups is 1. The molecule has 11 nitrogen and oxygen atoms in total. The lowest BCUT2D eigenvalue weighted by Crippen LogP contribution is -2.55. The highest BCUT2D eigenvalue weighted by Crippen LogP contribution is 2.36. The molecule has 3 fully saturated rings. The number of amides is 3. The van der Waals surface area contributed by atoms with Gasteiger partial charge in [-0.05, 0) is 70.1 Å². The maximum absolute atomic E-state index is 14.4. The minimum Gasteiger partial charge on any atom is -0.390 e. The number of nitrogens with one attached hydrogen (secondary N) is 2. The first-order chi connectivity index (χ1) is 23.2. The number of likely N-dealkylation sites (N-methyl/N-ethyl adjacent to an activating group) is 1. The van der Waals surface area contributed by atoms with Crippen LogP contribution in [0.15, 0.2) is 0 Å². The maximum atomic E-state index is 14.4. The van der Waals surface area contributed by atoms with Crippen molar-refractivity contribution in [2.45, 2.75) is 140 Å². The summed E-state index contributed by atoms with van der Waals surface area (Å²) in [7, 11) is -0.920. The van der Waals surface area contributed by atoms with Gasteiger partial charge >= 0.3 is 0 Å². The normalized spacial score (nSPS) is 28.2. The number of nitrogens with zero attached hydrogens (tertiary/aromatic N) is 3. The lowest BCUT2D eigenvalue weighted by molar-refractivity contribution is -0.139. The zero-order chi connectivity index (χ0) is 36.3. The Hall–Kier alpha value is -1.90. The maximum Gasteiger partial charge on any atom is 0.237 e. The molecule has 0 aromatic heterocycles. The predicted molar refractivity (Wildman–Crippen MR) is 186 cm³/mol. The molecule has 0 bridgehead atoms. The average Bonchev–Trinajstić information content (AvgIpc) is 3.06. The van der Waals surface area contributed by atoms with Gasteiger partial charge in [0.15, 0.2) is 0 Å². The van der Waals surface area contributed by atoms with E-state index in [1.807, 2.05) is 20.8 Å². The van der Waals surface area contributed by atoms with Gasteiger partial charge in [-0.2, -0.15) is 0 Å². The fourth-order valence-electron chi connectivity index (χ4n) is 8.03. The molecule has 3 amide bonds. The van der Waals surface area contributed by atoms with Gasteiger partial charge in [-0.3, -0.25) is 19.8 Å². The molecule has 14 heteroatoms. The molecule has 0 aliphatic heterocycles. The Kier molecular flexibility index (Phi) is 16.6. The summed E-state index contributed by atoms with van der Waals surface area (Å²) in [5.74, 6) is -2.78. The van der Waals surface area contributed by atoms with Crippen LogP contribution >= 0.6 is 0 Å². The van der Waals surface area contributed by atoms with Crippen molar-refractivity contribution in [3.63, 3.8) is 0 Å². The van der Waals surface area contributed by atoms with Crippen LogP contribution in [0.5, 0.6) is 0 Å². The number of aliphatic hydroxyl groups excluding tert-OH is 1. The van der Waals surface area contributed by atoms with Crippen molar-refractivity contribution in [1.29, 1.82) is 0 Å². The second-order valence-electron chi connectivity index (χ2n) is 14.9. The van der Waals surface area contributed by atoms with Gasteiger partial charge in [-0.1, -0.05) is 40.0 Å². The van der Waals surface area contributed by atoms with Crippen LogP contribution in [0.1, 0.15) is 111 Å². The van der Waals surface area contributed by atoms with Crippen molar-refractivity contribution in [3.05, 3.63) is 0 Å². The largest absolute Gasteiger partial charge is 0.390 e. The van der Waals surface area contributed by atoms with Gasteiger partial charge in [0.05, 0.1) is 17.4 Å². The molecular formula is C35H63F2N5O6S. The van der Waals surface area contributed by atoms with Crippen molar-refractivity contribution in [1.82, 2.24) is 25.0 Å². The van der Waals surface area contributed by atoms with Crippen LogP contribution in [0.4, 0.5) is 8.78 Å². The number of rotatable bonds is 17. The van der Waals surface area contributed by atoms with Gasteiger partial charge in [0.2, 0.25) is 27.7 Å². The molecule has 7 unspecified atom stereocenters. The summed E-state index contributed by atoms with van der Waals surface area (Å²) >= 11 is 0. The van der Waals surface area contributed by atoms with Crippen LogP contribution in [-0.4, -0.2) is 115 Å². The van der Waals surface area contributed by atoms with Gasteiger partial charge < -0.3 is 15.3 Å². The molecule has 7 atom stereocenters. The minimum absolute atomic E-state index is 0.0154. The Morgan fingerprint density at radius 2 is 1.41 bits per heavy atom. The highest BCUT2D eigenvalue weighted by molar-refractivity contribution is 7.89. The molecule has 0 aromatic rings. The van der Waals surface area contributed by atoms with Crippen LogP contribution in [-0.2, 0) is 24.4 Å². The summed E-state index contributed by atoms with van der Waals surface area (Å²) in [6.45, 7) is 7.24. The number of hydrogen-bond acceptors (Lipinski definition) is 7. The van der Waals surface area contributed by atoms with E-state index in [0.717, 1.165) is 49.3 Å². The zero-order valence-electron chi connectivity index (χ0n) is 30.4. The molecule has 3 saturated carbocycles. The highest BCUT2D eigenvalue weighted by Gasteiger charge is 2.44. The van der Waals surface area contributed by atoms with E-state index < -0.39 is 63.4 Å². The van der Waals surface area contributed by atoms with E-state index in [2.05, 4.69) is 10.7 Å². The first-order valence-corrected chi connectivity index (χ1v) is 20.2. The third kappa shape index (κ3) is 12.1. The van der Waals surface area contributed by atoms with Gasteiger partial charge in [0, 0.05) is 64.4 Å². The number of alkyl halides is 2. The summed E-state index contributed by atoms with van der Waals surface area (Å²) in [6, 6.07) is -0.910. The van der Waals surface area contributed by atoms with E-state index in [-0.39, 0.29) is 69.2 Å². The molecular weight excluding hydrogens is 656 g/mol. The molecule has 0 aromatic carbocycles. The number of sulfonamides is 1. The topological polar surface area (TPSA) is 139 Å². The molecule has 284 valence electrons. The van der Waals surface area contributed by atoms with Gasteiger partial charge in [-0.25, -0.2) is 26.5 Å². The fourth-order valence-corrected chi connectivity index (χ4v) is 9.57. The standard InChI is InChI=1S/C35H63F2N5O6S/c1-6-14-41(15-7-2)35(46)27-19-26(20-30(21-27)49(47,48)40(4)5)33(44)38-31(18-24-16-28(36)22-29(37)17-24)32(43)23-42(8-3)39-34(45)25-12-10-9-11-13-25/h24-32,43H,6-23H2,1-5H3,(H,38,44)(H,39,45). The Morgan fingerprint density at radius 1 is 0.816 bits per heavy atom. The highest BCUT2D eigenvalue weighted by atomic mass is 32.2. The first-order valence-electron chi connectivity index (χ1n) is 18.7. The summed E-state index contributed by atoms with van der Waals surface area (Å²) in [6.07, 6.45) is 2.86. The van der Waals surface area contributed by atoms with Crippen molar-refractivity contribution in [2.75, 3.05) is 40.3 Å². The summed E-state index contributed by atoms with van der Waals surface area (Å²) in [5.41, 5.74) is 2.93. The second kappa shape index (κ2) is 19.6. The zero-order valence-corrected chi connectivity index (χ0v) is 31.2. The van der Waals surface area contributed by atoms with E-state index in [1.54, 1.807) is 9.91 Å². The third-order valence-electron chi connectivity index (χ3n) is 10.7. The molecule has 49 heavy (non-hydrogen) atoms. The van der Waals surface area contributed by atoms with Crippen LogP contribution in [0, 0.1) is 23.7 Å². The van der Waals surface area contributed by atoms with Crippen LogP contribution in [0.25, 0.3) is 0 Å². The van der Waals surface area contributed by atoms with E-state index in [9.17, 15) is 36.7 Å². The molecule has 0 spiro atoms. The third-order valence-corrected chi connectivity index (χ3v) is 13.0. The number of halogens is 2. The quantitative estimate of drug-likeness (QED) is 0.194. The molecule has 0 saturated heterocycles. The van der Waals surface area contributed by atoms with Crippen molar-refractivity contribution >= 4 is 27.7 Å². The number of hydrogen-bond donors (Lipinski definition) is 3. The Balaban J connectivity index is 1.83. The monoisotopic (exact) mass is 719 g/mol. The summed E-state index contributed by atoms with van der Waals surface area (Å²) in [5, 5.41) is 15.2. The van der Waals surface area contributed by atoms with Crippen molar-refractivity contribution in [2.24, 2.45) is 23.7 Å². The van der Waals surface area contributed by atoms with Gasteiger partial charge in [-0.15, -0.1) is 0 Å². The van der Waals surface area contributed by atoms with Gasteiger partial charge in [0.1, 0.15) is 12.3 Å². The van der Waals surface area contributed by atoms with Crippen molar-refractivity contribution < 1.29 is 36.7 Å². The lowest BCUT2D eigenvalue weighted by atomic mass is 9.79. The summed E-state index contributed by atoms with van der Waals surface area (Å²) in [4.78, 5) is 42.6. The molecule has 0 heterocycles. The Morgan fingerprint density at radius 3 is 1.96 bits per heavy atom. The average molecular weight is 720 g/mol. The molecule has 3 aliphatic carbocycles. The molecule has 3 N–H and O–H groups in total. The van der Waals surface area contributed by atoms with Crippen LogP contribution in [0.3, 0.4) is 0 Å². The number of carbonyl (C=O) groups is 3. The number of carbonyl (C=O) groups excluding carboxylic acids is 3.